The Bertz CT molecular complexity index is 1070. The quantitative estimate of drug-likeness (QED) is 0.476. The van der Waals surface area contributed by atoms with E-state index in [4.69, 9.17) is 4.52 Å². The molecular weight excluding hydrogens is 358 g/mol. The van der Waals surface area contributed by atoms with Crippen LogP contribution in [0.1, 0.15) is 22.6 Å². The number of nitrogens with zero attached hydrogens (tertiary/aromatic N) is 5. The van der Waals surface area contributed by atoms with Crippen molar-refractivity contribution >= 4 is 11.8 Å². The SMILES string of the molecule is Cc1cc(CSc2nnc(-c3ccncc3)n2-c2ccc(C)c(C)c2)on1. The molecule has 0 fully saturated rings. The highest BCUT2D eigenvalue weighted by Crippen LogP contribution is 2.30. The zero-order chi connectivity index (χ0) is 18.8. The standard InChI is InChI=1S/C20H19N5OS/c1-13-4-5-17(10-14(13)2)25-19(16-6-8-21-9-7-16)22-23-20(25)27-12-18-11-15(3)24-26-18/h4-11H,12H2,1-3H3. The van der Waals surface area contributed by atoms with Crippen LogP contribution >= 0.6 is 11.8 Å². The van der Waals surface area contributed by atoms with E-state index in [9.17, 15) is 0 Å². The van der Waals surface area contributed by atoms with Crippen LogP contribution in [0, 0.1) is 20.8 Å². The number of aromatic nitrogens is 5. The number of hydrogen-bond donors (Lipinski definition) is 0. The molecule has 6 nitrogen and oxygen atoms in total. The van der Waals surface area contributed by atoms with Crippen molar-refractivity contribution in [3.63, 3.8) is 0 Å². The molecule has 1 aromatic carbocycles. The van der Waals surface area contributed by atoms with Gasteiger partial charge in [0.15, 0.2) is 11.0 Å². The molecule has 3 aromatic heterocycles. The Kier molecular flexibility index (Phi) is 4.77. The van der Waals surface area contributed by atoms with E-state index in [1.807, 2.05) is 25.1 Å². The molecule has 0 spiro atoms. The van der Waals surface area contributed by atoms with E-state index >= 15 is 0 Å². The lowest BCUT2D eigenvalue weighted by molar-refractivity contribution is 0.391. The van der Waals surface area contributed by atoms with Gasteiger partial charge in [-0.25, -0.2) is 0 Å². The monoisotopic (exact) mass is 377 g/mol. The summed E-state index contributed by atoms with van der Waals surface area (Å²) in [5.41, 5.74) is 5.36. The number of hydrogen-bond acceptors (Lipinski definition) is 6. The Morgan fingerprint density at radius 2 is 1.78 bits per heavy atom. The van der Waals surface area contributed by atoms with Crippen molar-refractivity contribution in [2.24, 2.45) is 0 Å². The largest absolute Gasteiger partial charge is 0.360 e. The fraction of sp³-hybridized carbons (Fsp3) is 0.200. The minimum atomic E-state index is 0.639. The second kappa shape index (κ2) is 7.36. The van der Waals surface area contributed by atoms with Gasteiger partial charge in [-0.1, -0.05) is 23.0 Å². The average Bonchev–Trinajstić information content (AvgIpc) is 3.29. The van der Waals surface area contributed by atoms with E-state index in [-0.39, 0.29) is 0 Å². The predicted octanol–water partition coefficient (Wildman–Crippen LogP) is 4.53. The number of rotatable bonds is 5. The first kappa shape index (κ1) is 17.5. The molecular formula is C20H19N5OS. The highest BCUT2D eigenvalue weighted by molar-refractivity contribution is 7.98. The fourth-order valence-electron chi connectivity index (χ4n) is 2.77. The van der Waals surface area contributed by atoms with Crippen molar-refractivity contribution in [2.45, 2.75) is 31.7 Å². The molecule has 0 aliphatic heterocycles. The van der Waals surface area contributed by atoms with Crippen LogP contribution in [0.5, 0.6) is 0 Å². The number of aryl methyl sites for hydroxylation is 3. The number of pyridine rings is 1. The summed E-state index contributed by atoms with van der Waals surface area (Å²) in [5, 5.41) is 13.6. The van der Waals surface area contributed by atoms with E-state index in [1.54, 1.807) is 24.2 Å². The van der Waals surface area contributed by atoms with Gasteiger partial charge < -0.3 is 4.52 Å². The lowest BCUT2D eigenvalue weighted by atomic mass is 10.1. The molecule has 0 aliphatic rings. The van der Waals surface area contributed by atoms with Gasteiger partial charge in [0.25, 0.3) is 0 Å². The topological polar surface area (TPSA) is 69.6 Å². The van der Waals surface area contributed by atoms with Crippen LogP contribution in [-0.2, 0) is 5.75 Å². The summed E-state index contributed by atoms with van der Waals surface area (Å²) in [6.45, 7) is 6.13. The summed E-state index contributed by atoms with van der Waals surface area (Å²) >= 11 is 1.57. The summed E-state index contributed by atoms with van der Waals surface area (Å²) in [4.78, 5) is 4.10. The van der Waals surface area contributed by atoms with Gasteiger partial charge in [-0.05, 0) is 56.2 Å². The molecule has 0 unspecified atom stereocenters. The summed E-state index contributed by atoms with van der Waals surface area (Å²) in [7, 11) is 0. The first-order valence-electron chi connectivity index (χ1n) is 8.60. The second-order valence-corrected chi connectivity index (χ2v) is 7.31. The van der Waals surface area contributed by atoms with Gasteiger partial charge in [-0.15, -0.1) is 10.2 Å². The van der Waals surface area contributed by atoms with Gasteiger partial charge in [-0.2, -0.15) is 0 Å². The van der Waals surface area contributed by atoms with Crippen LogP contribution in [0.2, 0.25) is 0 Å². The van der Waals surface area contributed by atoms with Gasteiger partial charge in [0, 0.05) is 24.0 Å². The van der Waals surface area contributed by atoms with E-state index < -0.39 is 0 Å². The number of thioether (sulfide) groups is 1. The van der Waals surface area contributed by atoms with Gasteiger partial charge >= 0.3 is 0 Å². The molecule has 27 heavy (non-hydrogen) atoms. The Morgan fingerprint density at radius 3 is 2.48 bits per heavy atom. The van der Waals surface area contributed by atoms with E-state index in [0.29, 0.717) is 5.75 Å². The number of benzene rings is 1. The molecule has 3 heterocycles. The van der Waals surface area contributed by atoms with Crippen LogP contribution < -0.4 is 0 Å². The Balaban J connectivity index is 1.76. The molecule has 0 radical (unpaired) electrons. The Labute approximate surface area is 161 Å². The highest BCUT2D eigenvalue weighted by atomic mass is 32.2. The normalized spacial score (nSPS) is 11.1. The van der Waals surface area contributed by atoms with Crippen LogP contribution in [-0.4, -0.2) is 24.9 Å². The molecule has 0 saturated heterocycles. The van der Waals surface area contributed by atoms with Gasteiger partial charge in [-0.3, -0.25) is 9.55 Å². The van der Waals surface area contributed by atoms with Crippen molar-refractivity contribution in [3.8, 4) is 17.1 Å². The molecule has 4 rings (SSSR count). The summed E-state index contributed by atoms with van der Waals surface area (Å²) in [6, 6.07) is 12.2. The van der Waals surface area contributed by atoms with E-state index in [0.717, 1.165) is 33.7 Å². The fourth-order valence-corrected chi connectivity index (χ4v) is 3.60. The van der Waals surface area contributed by atoms with E-state index in [1.165, 1.54) is 11.1 Å². The molecule has 4 aromatic rings. The molecule has 0 saturated carbocycles. The van der Waals surface area contributed by atoms with Crippen molar-refractivity contribution in [2.75, 3.05) is 0 Å². The summed E-state index contributed by atoms with van der Waals surface area (Å²) in [5.74, 6) is 2.25. The maximum absolute atomic E-state index is 5.32. The van der Waals surface area contributed by atoms with Gasteiger partial charge in [0.1, 0.15) is 5.76 Å². The minimum Gasteiger partial charge on any atom is -0.360 e. The maximum atomic E-state index is 5.32. The smallest absolute Gasteiger partial charge is 0.196 e. The lowest BCUT2D eigenvalue weighted by Crippen LogP contribution is -2.01. The summed E-state index contributed by atoms with van der Waals surface area (Å²) in [6.07, 6.45) is 3.53. The maximum Gasteiger partial charge on any atom is 0.196 e. The molecule has 0 N–H and O–H groups in total. The van der Waals surface area contributed by atoms with Crippen LogP contribution in [0.15, 0.2) is 58.5 Å². The van der Waals surface area contributed by atoms with Crippen LogP contribution in [0.4, 0.5) is 0 Å². The third kappa shape index (κ3) is 3.64. The molecule has 7 heteroatoms. The van der Waals surface area contributed by atoms with Crippen molar-refractivity contribution in [1.29, 1.82) is 0 Å². The zero-order valence-corrected chi connectivity index (χ0v) is 16.2. The summed E-state index contributed by atoms with van der Waals surface area (Å²) < 4.78 is 7.40. The third-order valence-electron chi connectivity index (χ3n) is 4.34. The van der Waals surface area contributed by atoms with Crippen molar-refractivity contribution < 1.29 is 4.52 Å². The highest BCUT2D eigenvalue weighted by Gasteiger charge is 2.17. The zero-order valence-electron chi connectivity index (χ0n) is 15.4. The average molecular weight is 377 g/mol. The van der Waals surface area contributed by atoms with Gasteiger partial charge in [0.05, 0.1) is 17.1 Å². The Morgan fingerprint density at radius 1 is 0.963 bits per heavy atom. The van der Waals surface area contributed by atoms with Gasteiger partial charge in [0.2, 0.25) is 0 Å². The van der Waals surface area contributed by atoms with Crippen molar-refractivity contribution in [3.05, 3.63) is 71.4 Å². The van der Waals surface area contributed by atoms with Crippen LogP contribution in [0.3, 0.4) is 0 Å². The first-order valence-corrected chi connectivity index (χ1v) is 9.59. The van der Waals surface area contributed by atoms with E-state index in [2.05, 4.69) is 57.0 Å². The first-order chi connectivity index (χ1) is 13.1. The van der Waals surface area contributed by atoms with Crippen LogP contribution in [0.25, 0.3) is 17.1 Å². The lowest BCUT2D eigenvalue weighted by Gasteiger charge is -2.12. The second-order valence-electron chi connectivity index (χ2n) is 6.37. The molecule has 0 amide bonds. The molecule has 0 bridgehead atoms. The molecule has 0 aliphatic carbocycles. The molecule has 0 atom stereocenters. The third-order valence-corrected chi connectivity index (χ3v) is 5.29. The predicted molar refractivity (Wildman–Crippen MR) is 105 cm³/mol. The molecule has 136 valence electrons. The minimum absolute atomic E-state index is 0.639. The van der Waals surface area contributed by atoms with Crippen molar-refractivity contribution in [1.82, 2.24) is 24.9 Å². The Hall–Kier alpha value is -2.93.